The van der Waals surface area contributed by atoms with Crippen LogP contribution in [-0.2, 0) is 9.53 Å². The van der Waals surface area contributed by atoms with Gasteiger partial charge in [0.2, 0.25) is 0 Å². The van der Waals surface area contributed by atoms with Gasteiger partial charge in [-0.05, 0) is 12.1 Å². The van der Waals surface area contributed by atoms with Crippen LogP contribution in [0.5, 0.6) is 0 Å². The van der Waals surface area contributed by atoms with Gasteiger partial charge in [0.25, 0.3) is 0 Å². The van der Waals surface area contributed by atoms with Crippen molar-refractivity contribution in [2.24, 2.45) is 10.9 Å². The minimum absolute atomic E-state index is 0.262. The van der Waals surface area contributed by atoms with E-state index in [2.05, 4.69) is 25.8 Å². The van der Waals surface area contributed by atoms with Crippen molar-refractivity contribution in [2.75, 3.05) is 12.9 Å². The van der Waals surface area contributed by atoms with Crippen molar-refractivity contribution >= 4 is 39.9 Å². The van der Waals surface area contributed by atoms with Gasteiger partial charge in [0.1, 0.15) is 0 Å². The van der Waals surface area contributed by atoms with Gasteiger partial charge in [0.05, 0.1) is 19.1 Å². The van der Waals surface area contributed by atoms with Crippen LogP contribution in [0.4, 0.5) is 0 Å². The second-order valence-electron chi connectivity index (χ2n) is 2.83. The second-order valence-corrected chi connectivity index (χ2v) is 4.76. The standard InChI is InChI=1S/C10H11BrN2O2S/c1-15-10(14)6-16-9-4-8(11)3-2-7(9)5-13-12/h2-5H,6,12H2,1H3. The lowest BCUT2D eigenvalue weighted by Crippen LogP contribution is -2.03. The molecule has 2 N–H and O–H groups in total. The molecule has 16 heavy (non-hydrogen) atoms. The summed E-state index contributed by atoms with van der Waals surface area (Å²) in [6.07, 6.45) is 1.55. The molecule has 0 aliphatic heterocycles. The minimum Gasteiger partial charge on any atom is -0.468 e. The Bertz CT molecular complexity index is 410. The maximum absolute atomic E-state index is 11.0. The quantitative estimate of drug-likeness (QED) is 0.304. The largest absolute Gasteiger partial charge is 0.468 e. The molecule has 0 aromatic heterocycles. The molecule has 86 valence electrons. The van der Waals surface area contributed by atoms with Crippen LogP contribution >= 0.6 is 27.7 Å². The third-order valence-electron chi connectivity index (χ3n) is 1.76. The zero-order chi connectivity index (χ0) is 12.0. The average Bonchev–Trinajstić information content (AvgIpc) is 2.29. The first kappa shape index (κ1) is 13.1. The molecule has 0 atom stereocenters. The number of esters is 1. The summed E-state index contributed by atoms with van der Waals surface area (Å²) in [5, 5.41) is 3.47. The van der Waals surface area contributed by atoms with E-state index in [1.54, 1.807) is 6.21 Å². The minimum atomic E-state index is -0.263. The number of carbonyl (C=O) groups is 1. The van der Waals surface area contributed by atoms with Crippen molar-refractivity contribution in [3.63, 3.8) is 0 Å². The molecule has 0 unspecified atom stereocenters. The number of hydrazone groups is 1. The van der Waals surface area contributed by atoms with E-state index in [4.69, 9.17) is 5.84 Å². The lowest BCUT2D eigenvalue weighted by molar-refractivity contribution is -0.137. The number of nitrogens with zero attached hydrogens (tertiary/aromatic N) is 1. The lowest BCUT2D eigenvalue weighted by atomic mass is 10.2. The molecule has 4 nitrogen and oxygen atoms in total. The molecule has 0 spiro atoms. The summed E-state index contributed by atoms with van der Waals surface area (Å²) in [6.45, 7) is 0. The van der Waals surface area contributed by atoms with Crippen LogP contribution in [0.3, 0.4) is 0 Å². The lowest BCUT2D eigenvalue weighted by Gasteiger charge is -2.05. The molecule has 0 saturated carbocycles. The van der Waals surface area contributed by atoms with Crippen LogP contribution in [-0.4, -0.2) is 25.0 Å². The summed E-state index contributed by atoms with van der Waals surface area (Å²) < 4.78 is 5.51. The number of rotatable bonds is 4. The topological polar surface area (TPSA) is 64.7 Å². The van der Waals surface area contributed by atoms with Gasteiger partial charge >= 0.3 is 5.97 Å². The Morgan fingerprint density at radius 1 is 1.69 bits per heavy atom. The van der Waals surface area contributed by atoms with Gasteiger partial charge in [-0.1, -0.05) is 22.0 Å². The average molecular weight is 303 g/mol. The predicted molar refractivity (Wildman–Crippen MR) is 68.7 cm³/mol. The number of halogens is 1. The summed E-state index contributed by atoms with van der Waals surface area (Å²) in [5.41, 5.74) is 0.875. The molecule has 0 aliphatic carbocycles. The SMILES string of the molecule is COC(=O)CSc1cc(Br)ccc1C=NN. The molecule has 0 saturated heterocycles. The van der Waals surface area contributed by atoms with Gasteiger partial charge in [0.15, 0.2) is 0 Å². The highest BCUT2D eigenvalue weighted by Gasteiger charge is 2.06. The molecule has 0 amide bonds. The van der Waals surface area contributed by atoms with Gasteiger partial charge in [-0.2, -0.15) is 5.10 Å². The summed E-state index contributed by atoms with van der Waals surface area (Å²) in [4.78, 5) is 12.0. The molecular formula is C10H11BrN2O2S. The summed E-state index contributed by atoms with van der Waals surface area (Å²) >= 11 is 4.75. The van der Waals surface area contributed by atoms with E-state index < -0.39 is 0 Å². The second kappa shape index (κ2) is 6.55. The van der Waals surface area contributed by atoms with Crippen molar-refractivity contribution in [1.29, 1.82) is 0 Å². The molecule has 0 radical (unpaired) electrons. The molecule has 0 bridgehead atoms. The zero-order valence-electron chi connectivity index (χ0n) is 8.64. The zero-order valence-corrected chi connectivity index (χ0v) is 11.0. The van der Waals surface area contributed by atoms with Crippen LogP contribution in [0.25, 0.3) is 0 Å². The Hall–Kier alpha value is -1.01. The predicted octanol–water partition coefficient (Wildman–Crippen LogP) is 2.01. The molecule has 6 heteroatoms. The molecule has 1 rings (SSSR count). The first-order valence-corrected chi connectivity index (χ1v) is 6.17. The number of hydrogen-bond donors (Lipinski definition) is 1. The molecule has 0 fully saturated rings. The normalized spacial score (nSPS) is 10.6. The van der Waals surface area contributed by atoms with Crippen LogP contribution in [0, 0.1) is 0 Å². The Morgan fingerprint density at radius 3 is 3.06 bits per heavy atom. The van der Waals surface area contributed by atoms with Crippen LogP contribution in [0.1, 0.15) is 5.56 Å². The summed E-state index contributed by atoms with van der Waals surface area (Å²) in [5.74, 6) is 5.11. The molecule has 0 aliphatic rings. The molecule has 1 aromatic carbocycles. The number of nitrogens with two attached hydrogens (primary N) is 1. The third-order valence-corrected chi connectivity index (χ3v) is 3.30. The smallest absolute Gasteiger partial charge is 0.315 e. The number of methoxy groups -OCH3 is 1. The molecule has 1 aromatic rings. The first-order chi connectivity index (χ1) is 7.67. The van der Waals surface area contributed by atoms with E-state index in [0.29, 0.717) is 0 Å². The van der Waals surface area contributed by atoms with Crippen molar-refractivity contribution in [3.8, 4) is 0 Å². The fourth-order valence-corrected chi connectivity index (χ4v) is 2.42. The third kappa shape index (κ3) is 3.86. The summed E-state index contributed by atoms with van der Waals surface area (Å²) in [6, 6.07) is 5.67. The maximum Gasteiger partial charge on any atom is 0.315 e. The van der Waals surface area contributed by atoms with Crippen molar-refractivity contribution in [1.82, 2.24) is 0 Å². The Balaban J connectivity index is 2.83. The first-order valence-electron chi connectivity index (χ1n) is 4.39. The number of thioether (sulfide) groups is 1. The Morgan fingerprint density at radius 2 is 2.44 bits per heavy atom. The molecule has 0 heterocycles. The summed E-state index contributed by atoms with van der Waals surface area (Å²) in [7, 11) is 1.37. The number of hydrogen-bond acceptors (Lipinski definition) is 5. The highest BCUT2D eigenvalue weighted by Crippen LogP contribution is 2.25. The van der Waals surface area contributed by atoms with Crippen molar-refractivity contribution < 1.29 is 9.53 Å². The van der Waals surface area contributed by atoms with Crippen molar-refractivity contribution in [3.05, 3.63) is 28.2 Å². The highest BCUT2D eigenvalue weighted by molar-refractivity contribution is 9.10. The molecular weight excluding hydrogens is 292 g/mol. The van der Waals surface area contributed by atoms with E-state index in [9.17, 15) is 4.79 Å². The monoisotopic (exact) mass is 302 g/mol. The van der Waals surface area contributed by atoms with Gasteiger partial charge in [0, 0.05) is 14.9 Å². The number of ether oxygens (including phenoxy) is 1. The highest BCUT2D eigenvalue weighted by atomic mass is 79.9. The van der Waals surface area contributed by atoms with E-state index in [0.717, 1.165) is 14.9 Å². The van der Waals surface area contributed by atoms with Crippen LogP contribution in [0.2, 0.25) is 0 Å². The fraction of sp³-hybridized carbons (Fsp3) is 0.200. The van der Waals surface area contributed by atoms with E-state index in [-0.39, 0.29) is 11.7 Å². The maximum atomic E-state index is 11.0. The van der Waals surface area contributed by atoms with Gasteiger partial charge in [-0.25, -0.2) is 0 Å². The fourth-order valence-electron chi connectivity index (χ4n) is 1.02. The van der Waals surface area contributed by atoms with E-state index >= 15 is 0 Å². The Kier molecular flexibility index (Phi) is 5.34. The van der Waals surface area contributed by atoms with E-state index in [1.165, 1.54) is 18.9 Å². The van der Waals surface area contributed by atoms with E-state index in [1.807, 2.05) is 18.2 Å². The number of benzene rings is 1. The van der Waals surface area contributed by atoms with Crippen LogP contribution < -0.4 is 5.84 Å². The Labute approximate surface area is 106 Å². The number of carbonyl (C=O) groups excluding carboxylic acids is 1. The van der Waals surface area contributed by atoms with Crippen LogP contribution in [0.15, 0.2) is 32.7 Å². The van der Waals surface area contributed by atoms with Gasteiger partial charge in [-0.3, -0.25) is 4.79 Å². The van der Waals surface area contributed by atoms with Gasteiger partial charge < -0.3 is 10.6 Å². The van der Waals surface area contributed by atoms with Gasteiger partial charge in [-0.15, -0.1) is 11.8 Å². The van der Waals surface area contributed by atoms with Crippen molar-refractivity contribution in [2.45, 2.75) is 4.90 Å².